The third-order valence-electron chi connectivity index (χ3n) is 5.12. The van der Waals surface area contributed by atoms with E-state index < -0.39 is 0 Å². The highest BCUT2D eigenvalue weighted by atomic mass is 16.5. The normalized spacial score (nSPS) is 13.6. The first-order valence-corrected chi connectivity index (χ1v) is 9.58. The number of rotatable bonds is 5. The molecule has 1 fully saturated rings. The van der Waals surface area contributed by atoms with Crippen LogP contribution in [0, 0.1) is 13.8 Å². The fourth-order valence-corrected chi connectivity index (χ4v) is 3.39. The maximum absolute atomic E-state index is 12.1. The summed E-state index contributed by atoms with van der Waals surface area (Å²) in [6, 6.07) is 9.54. The SMILES string of the molecule is COc1cc(Nc2nc(-c3cccnc3)nc(C)c2C)ccc1N1CCCC1=O. The lowest BCUT2D eigenvalue weighted by Gasteiger charge is -2.20. The molecule has 4 rings (SSSR count). The van der Waals surface area contributed by atoms with Gasteiger partial charge in [0.2, 0.25) is 5.91 Å². The van der Waals surface area contributed by atoms with E-state index >= 15 is 0 Å². The summed E-state index contributed by atoms with van der Waals surface area (Å²) in [5.74, 6) is 2.13. The molecule has 1 N–H and O–H groups in total. The zero-order valence-electron chi connectivity index (χ0n) is 16.8. The molecule has 0 spiro atoms. The molecule has 1 aromatic carbocycles. The average molecular weight is 389 g/mol. The van der Waals surface area contributed by atoms with E-state index in [-0.39, 0.29) is 5.91 Å². The van der Waals surface area contributed by atoms with Crippen molar-refractivity contribution in [1.29, 1.82) is 0 Å². The average Bonchev–Trinajstić information content (AvgIpc) is 3.17. The van der Waals surface area contributed by atoms with E-state index in [4.69, 9.17) is 9.72 Å². The number of carbonyl (C=O) groups excluding carboxylic acids is 1. The number of benzene rings is 1. The molecule has 0 unspecified atom stereocenters. The molecule has 1 aliphatic heterocycles. The lowest BCUT2D eigenvalue weighted by molar-refractivity contribution is -0.117. The summed E-state index contributed by atoms with van der Waals surface area (Å²) in [5, 5.41) is 3.37. The van der Waals surface area contributed by atoms with Gasteiger partial charge in [-0.25, -0.2) is 9.97 Å². The molecule has 0 aliphatic carbocycles. The second-order valence-corrected chi connectivity index (χ2v) is 7.01. The highest BCUT2D eigenvalue weighted by Gasteiger charge is 2.24. The Hall–Kier alpha value is -3.48. The van der Waals surface area contributed by atoms with E-state index in [0.717, 1.165) is 47.0 Å². The molecule has 7 nitrogen and oxygen atoms in total. The number of nitrogens with zero attached hydrogens (tertiary/aromatic N) is 4. The van der Waals surface area contributed by atoms with Gasteiger partial charge in [-0.05, 0) is 44.5 Å². The Bertz CT molecular complexity index is 1050. The summed E-state index contributed by atoms with van der Waals surface area (Å²) < 4.78 is 5.56. The van der Waals surface area contributed by atoms with Crippen molar-refractivity contribution in [1.82, 2.24) is 15.0 Å². The Labute approximate surface area is 169 Å². The molecular formula is C22H23N5O2. The summed E-state index contributed by atoms with van der Waals surface area (Å²) in [4.78, 5) is 27.3. The Kier molecular flexibility index (Phi) is 5.12. The van der Waals surface area contributed by atoms with Crippen molar-refractivity contribution in [3.05, 3.63) is 54.0 Å². The Balaban J connectivity index is 1.67. The van der Waals surface area contributed by atoms with Crippen LogP contribution >= 0.6 is 0 Å². The van der Waals surface area contributed by atoms with Crippen molar-refractivity contribution < 1.29 is 9.53 Å². The lowest BCUT2D eigenvalue weighted by Crippen LogP contribution is -2.24. The minimum atomic E-state index is 0.132. The van der Waals surface area contributed by atoms with Crippen LogP contribution in [-0.4, -0.2) is 34.5 Å². The topological polar surface area (TPSA) is 80.2 Å². The molecule has 1 amide bonds. The minimum absolute atomic E-state index is 0.132. The number of aryl methyl sites for hydroxylation is 1. The van der Waals surface area contributed by atoms with Gasteiger partial charge in [0.1, 0.15) is 11.6 Å². The van der Waals surface area contributed by atoms with Crippen molar-refractivity contribution in [2.75, 3.05) is 23.9 Å². The quantitative estimate of drug-likeness (QED) is 0.709. The van der Waals surface area contributed by atoms with E-state index in [1.165, 1.54) is 0 Å². The smallest absolute Gasteiger partial charge is 0.227 e. The second-order valence-electron chi connectivity index (χ2n) is 7.01. The van der Waals surface area contributed by atoms with Crippen LogP contribution in [0.4, 0.5) is 17.2 Å². The first-order valence-electron chi connectivity index (χ1n) is 9.58. The number of anilines is 3. The van der Waals surface area contributed by atoms with Gasteiger partial charge in [-0.15, -0.1) is 0 Å². The fourth-order valence-electron chi connectivity index (χ4n) is 3.39. The largest absolute Gasteiger partial charge is 0.494 e. The predicted molar refractivity (Wildman–Crippen MR) is 113 cm³/mol. The summed E-state index contributed by atoms with van der Waals surface area (Å²) >= 11 is 0. The van der Waals surface area contributed by atoms with Gasteiger partial charge in [0.25, 0.3) is 0 Å². The predicted octanol–water partition coefficient (Wildman–Crippen LogP) is 4.03. The van der Waals surface area contributed by atoms with Crippen LogP contribution < -0.4 is 15.0 Å². The second kappa shape index (κ2) is 7.87. The van der Waals surface area contributed by atoms with E-state index in [2.05, 4.69) is 15.3 Å². The van der Waals surface area contributed by atoms with Crippen molar-refractivity contribution in [3.8, 4) is 17.1 Å². The number of amides is 1. The fraction of sp³-hybridized carbons (Fsp3) is 0.273. The molecule has 3 aromatic rings. The number of pyridine rings is 1. The molecule has 148 valence electrons. The van der Waals surface area contributed by atoms with Crippen LogP contribution in [0.2, 0.25) is 0 Å². The van der Waals surface area contributed by atoms with E-state index in [0.29, 0.717) is 18.0 Å². The molecule has 0 atom stereocenters. The van der Waals surface area contributed by atoms with Crippen LogP contribution in [0.1, 0.15) is 24.1 Å². The number of methoxy groups -OCH3 is 1. The van der Waals surface area contributed by atoms with Crippen molar-refractivity contribution in [2.45, 2.75) is 26.7 Å². The lowest BCUT2D eigenvalue weighted by atomic mass is 10.2. The Morgan fingerprint density at radius 1 is 1.17 bits per heavy atom. The summed E-state index contributed by atoms with van der Waals surface area (Å²) in [6.07, 6.45) is 4.93. The Morgan fingerprint density at radius 3 is 2.72 bits per heavy atom. The van der Waals surface area contributed by atoms with Gasteiger partial charge in [-0.1, -0.05) is 0 Å². The monoisotopic (exact) mass is 389 g/mol. The number of aromatic nitrogens is 3. The molecule has 2 aromatic heterocycles. The Morgan fingerprint density at radius 2 is 2.03 bits per heavy atom. The molecule has 0 saturated carbocycles. The number of hydrogen-bond donors (Lipinski definition) is 1. The maximum Gasteiger partial charge on any atom is 0.227 e. The third-order valence-corrected chi connectivity index (χ3v) is 5.12. The summed E-state index contributed by atoms with van der Waals surface area (Å²) in [7, 11) is 1.61. The third kappa shape index (κ3) is 3.76. The number of ether oxygens (including phenoxy) is 1. The van der Waals surface area contributed by atoms with Gasteiger partial charge in [-0.2, -0.15) is 0 Å². The van der Waals surface area contributed by atoms with Gasteiger partial charge in [0, 0.05) is 53.9 Å². The highest BCUT2D eigenvalue weighted by Crippen LogP contribution is 2.35. The first-order chi connectivity index (χ1) is 14.1. The zero-order valence-corrected chi connectivity index (χ0v) is 16.8. The van der Waals surface area contributed by atoms with Crippen LogP contribution in [0.25, 0.3) is 11.4 Å². The summed E-state index contributed by atoms with van der Waals surface area (Å²) in [5.41, 5.74) is 4.35. The number of hydrogen-bond acceptors (Lipinski definition) is 6. The van der Waals surface area contributed by atoms with Gasteiger partial charge >= 0.3 is 0 Å². The van der Waals surface area contributed by atoms with E-state index in [1.54, 1.807) is 24.4 Å². The standard InChI is InChI=1S/C22H23N5O2/c1-14-15(2)24-22(16-6-4-10-23-13-16)26-21(14)25-17-8-9-18(19(12-17)29-3)27-11-5-7-20(27)28/h4,6,8-10,12-13H,5,7,11H2,1-3H3,(H,24,25,26). The van der Waals surface area contributed by atoms with Crippen molar-refractivity contribution >= 4 is 23.1 Å². The molecular weight excluding hydrogens is 366 g/mol. The molecule has 0 bridgehead atoms. The highest BCUT2D eigenvalue weighted by molar-refractivity contribution is 5.97. The molecule has 1 aliphatic rings. The molecule has 7 heteroatoms. The molecule has 1 saturated heterocycles. The van der Waals surface area contributed by atoms with E-state index in [1.807, 2.05) is 44.2 Å². The zero-order chi connectivity index (χ0) is 20.4. The molecule has 0 radical (unpaired) electrons. The maximum atomic E-state index is 12.1. The van der Waals surface area contributed by atoms with Crippen molar-refractivity contribution in [3.63, 3.8) is 0 Å². The van der Waals surface area contributed by atoms with Crippen LogP contribution in [0.5, 0.6) is 5.75 Å². The van der Waals surface area contributed by atoms with Gasteiger partial charge in [0.15, 0.2) is 5.82 Å². The minimum Gasteiger partial charge on any atom is -0.494 e. The van der Waals surface area contributed by atoms with Gasteiger partial charge < -0.3 is 15.0 Å². The van der Waals surface area contributed by atoms with Gasteiger partial charge in [-0.3, -0.25) is 9.78 Å². The van der Waals surface area contributed by atoms with Crippen LogP contribution in [-0.2, 0) is 4.79 Å². The number of carbonyl (C=O) groups is 1. The first kappa shape index (κ1) is 18.9. The molecule has 29 heavy (non-hydrogen) atoms. The van der Waals surface area contributed by atoms with E-state index in [9.17, 15) is 4.79 Å². The summed E-state index contributed by atoms with van der Waals surface area (Å²) in [6.45, 7) is 4.67. The molecule has 3 heterocycles. The van der Waals surface area contributed by atoms with Crippen molar-refractivity contribution in [2.24, 2.45) is 0 Å². The number of nitrogens with one attached hydrogen (secondary N) is 1. The van der Waals surface area contributed by atoms with Gasteiger partial charge in [0.05, 0.1) is 12.8 Å². The van der Waals surface area contributed by atoms with Crippen LogP contribution in [0.3, 0.4) is 0 Å². The van der Waals surface area contributed by atoms with Crippen LogP contribution in [0.15, 0.2) is 42.7 Å².